The Labute approximate surface area is 141 Å². The van der Waals surface area contributed by atoms with Crippen molar-refractivity contribution >= 4 is 5.91 Å². The van der Waals surface area contributed by atoms with Gasteiger partial charge in [0.05, 0.1) is 18.2 Å². The smallest absolute Gasteiger partial charge is 0.254 e. The Balaban J connectivity index is 1.73. The molecular formula is C19H21FN2O2. The lowest BCUT2D eigenvalue weighted by molar-refractivity contribution is 0.0938. The Morgan fingerprint density at radius 3 is 2.83 bits per heavy atom. The molecule has 2 aromatic rings. The fourth-order valence-corrected chi connectivity index (χ4v) is 2.94. The molecule has 1 amide bonds. The molecule has 1 atom stereocenters. The van der Waals surface area contributed by atoms with E-state index in [9.17, 15) is 9.18 Å². The molecule has 1 unspecified atom stereocenters. The summed E-state index contributed by atoms with van der Waals surface area (Å²) in [5.41, 5.74) is 2.37. The molecule has 1 aliphatic rings. The molecule has 1 N–H and O–H groups in total. The summed E-state index contributed by atoms with van der Waals surface area (Å²) in [6, 6.07) is 12.1. The van der Waals surface area contributed by atoms with Crippen molar-refractivity contribution in [2.45, 2.75) is 12.5 Å². The van der Waals surface area contributed by atoms with Crippen molar-refractivity contribution in [2.24, 2.45) is 0 Å². The molecular weight excluding hydrogens is 307 g/mol. The van der Waals surface area contributed by atoms with Crippen LogP contribution in [0.2, 0.25) is 0 Å². The van der Waals surface area contributed by atoms with Crippen LogP contribution < -0.4 is 10.1 Å². The van der Waals surface area contributed by atoms with Crippen LogP contribution in [0.15, 0.2) is 42.5 Å². The SMILES string of the molecule is CN(C)C(CNC(=O)c1ccccc1F)c1ccc2c(c1)CCO2. The molecule has 1 aliphatic heterocycles. The quantitative estimate of drug-likeness (QED) is 0.918. The van der Waals surface area contributed by atoms with Crippen LogP contribution in [0.5, 0.6) is 5.75 Å². The van der Waals surface area contributed by atoms with E-state index in [-0.39, 0.29) is 11.6 Å². The lowest BCUT2D eigenvalue weighted by Crippen LogP contribution is -2.34. The predicted octanol–water partition coefficient (Wildman–Crippen LogP) is 2.79. The largest absolute Gasteiger partial charge is 0.493 e. The molecule has 0 saturated carbocycles. The number of nitrogens with one attached hydrogen (secondary N) is 1. The number of carbonyl (C=O) groups is 1. The van der Waals surface area contributed by atoms with Crippen molar-refractivity contribution in [3.05, 3.63) is 65.0 Å². The van der Waals surface area contributed by atoms with Gasteiger partial charge < -0.3 is 15.0 Å². The minimum Gasteiger partial charge on any atom is -0.493 e. The summed E-state index contributed by atoms with van der Waals surface area (Å²) < 4.78 is 19.2. The molecule has 0 aliphatic carbocycles. The minimum atomic E-state index is -0.508. The summed E-state index contributed by atoms with van der Waals surface area (Å²) in [4.78, 5) is 14.3. The third-order valence-corrected chi connectivity index (χ3v) is 4.30. The second kappa shape index (κ2) is 7.01. The highest BCUT2D eigenvalue weighted by Gasteiger charge is 2.20. The molecule has 126 valence electrons. The molecule has 4 nitrogen and oxygen atoms in total. The van der Waals surface area contributed by atoms with Gasteiger partial charge in [0.25, 0.3) is 5.91 Å². The van der Waals surface area contributed by atoms with E-state index < -0.39 is 11.7 Å². The second-order valence-electron chi connectivity index (χ2n) is 6.13. The summed E-state index contributed by atoms with van der Waals surface area (Å²) in [5.74, 6) is 0.0298. The monoisotopic (exact) mass is 328 g/mol. The van der Waals surface area contributed by atoms with Crippen LogP contribution in [-0.2, 0) is 6.42 Å². The fourth-order valence-electron chi connectivity index (χ4n) is 2.94. The van der Waals surface area contributed by atoms with Crippen LogP contribution in [0, 0.1) is 5.82 Å². The molecule has 0 saturated heterocycles. The average Bonchev–Trinajstić information content (AvgIpc) is 3.02. The van der Waals surface area contributed by atoms with Crippen LogP contribution in [0.1, 0.15) is 27.5 Å². The third kappa shape index (κ3) is 3.41. The summed E-state index contributed by atoms with van der Waals surface area (Å²) >= 11 is 0. The van der Waals surface area contributed by atoms with E-state index in [1.807, 2.05) is 31.1 Å². The Morgan fingerprint density at radius 1 is 1.29 bits per heavy atom. The Morgan fingerprint density at radius 2 is 2.08 bits per heavy atom. The summed E-state index contributed by atoms with van der Waals surface area (Å²) in [6.45, 7) is 1.12. The van der Waals surface area contributed by atoms with Crippen molar-refractivity contribution in [3.63, 3.8) is 0 Å². The number of amides is 1. The number of carbonyl (C=O) groups excluding carboxylic acids is 1. The normalized spacial score (nSPS) is 14.2. The maximum atomic E-state index is 13.7. The predicted molar refractivity (Wildman–Crippen MR) is 90.8 cm³/mol. The maximum absolute atomic E-state index is 13.7. The first-order valence-electron chi connectivity index (χ1n) is 8.01. The summed E-state index contributed by atoms with van der Waals surface area (Å²) in [5, 5.41) is 2.84. The number of fused-ring (bicyclic) bond motifs is 1. The zero-order chi connectivity index (χ0) is 17.1. The number of benzene rings is 2. The molecule has 3 rings (SSSR count). The third-order valence-electron chi connectivity index (χ3n) is 4.30. The maximum Gasteiger partial charge on any atom is 0.254 e. The number of ether oxygens (including phenoxy) is 1. The van der Waals surface area contributed by atoms with Crippen molar-refractivity contribution in [2.75, 3.05) is 27.2 Å². The van der Waals surface area contributed by atoms with Gasteiger partial charge in [-0.05, 0) is 43.4 Å². The lowest BCUT2D eigenvalue weighted by Gasteiger charge is -2.25. The van der Waals surface area contributed by atoms with E-state index in [1.165, 1.54) is 17.7 Å². The van der Waals surface area contributed by atoms with Crippen LogP contribution in [0.25, 0.3) is 0 Å². The van der Waals surface area contributed by atoms with E-state index >= 15 is 0 Å². The topological polar surface area (TPSA) is 41.6 Å². The van der Waals surface area contributed by atoms with E-state index in [4.69, 9.17) is 4.74 Å². The van der Waals surface area contributed by atoms with Crippen molar-refractivity contribution < 1.29 is 13.9 Å². The van der Waals surface area contributed by atoms with Gasteiger partial charge in [0.1, 0.15) is 11.6 Å². The zero-order valence-electron chi connectivity index (χ0n) is 13.9. The van der Waals surface area contributed by atoms with Gasteiger partial charge in [0, 0.05) is 13.0 Å². The van der Waals surface area contributed by atoms with E-state index in [0.29, 0.717) is 6.54 Å². The Hall–Kier alpha value is -2.40. The van der Waals surface area contributed by atoms with Crippen LogP contribution in [0.4, 0.5) is 4.39 Å². The van der Waals surface area contributed by atoms with E-state index in [2.05, 4.69) is 11.4 Å². The van der Waals surface area contributed by atoms with Gasteiger partial charge in [0.15, 0.2) is 0 Å². The number of halogens is 1. The van der Waals surface area contributed by atoms with Gasteiger partial charge in [-0.3, -0.25) is 4.79 Å². The number of hydrogen-bond donors (Lipinski definition) is 1. The Bertz CT molecular complexity index is 746. The highest BCUT2D eigenvalue weighted by Crippen LogP contribution is 2.29. The lowest BCUT2D eigenvalue weighted by atomic mass is 10.0. The number of nitrogens with zero attached hydrogens (tertiary/aromatic N) is 1. The summed E-state index contributed by atoms with van der Waals surface area (Å²) in [7, 11) is 3.92. The van der Waals surface area contributed by atoms with E-state index in [1.54, 1.807) is 12.1 Å². The molecule has 2 aromatic carbocycles. The van der Waals surface area contributed by atoms with Gasteiger partial charge in [-0.2, -0.15) is 0 Å². The van der Waals surface area contributed by atoms with E-state index in [0.717, 1.165) is 24.3 Å². The minimum absolute atomic E-state index is 0.00613. The van der Waals surface area contributed by atoms with Crippen LogP contribution >= 0.6 is 0 Å². The van der Waals surface area contributed by atoms with Gasteiger partial charge in [-0.25, -0.2) is 4.39 Å². The first-order chi connectivity index (χ1) is 11.6. The number of rotatable bonds is 5. The molecule has 0 aromatic heterocycles. The average molecular weight is 328 g/mol. The second-order valence-corrected chi connectivity index (χ2v) is 6.13. The van der Waals surface area contributed by atoms with Crippen LogP contribution in [-0.4, -0.2) is 38.1 Å². The van der Waals surface area contributed by atoms with Gasteiger partial charge in [0.2, 0.25) is 0 Å². The van der Waals surface area contributed by atoms with Gasteiger partial charge in [-0.1, -0.05) is 24.3 Å². The Kier molecular flexibility index (Phi) is 4.81. The standard InChI is InChI=1S/C19H21FN2O2/c1-22(2)17(13-7-8-18-14(11-13)9-10-24-18)12-21-19(23)15-5-3-4-6-16(15)20/h3-8,11,17H,9-10,12H2,1-2H3,(H,21,23). The summed E-state index contributed by atoms with van der Waals surface area (Å²) in [6.07, 6.45) is 0.908. The molecule has 0 radical (unpaired) electrons. The molecule has 5 heteroatoms. The highest BCUT2D eigenvalue weighted by molar-refractivity contribution is 5.94. The highest BCUT2D eigenvalue weighted by atomic mass is 19.1. The number of likely N-dealkylation sites (N-methyl/N-ethyl adjacent to an activating group) is 1. The molecule has 0 spiro atoms. The molecule has 1 heterocycles. The molecule has 0 fully saturated rings. The molecule has 24 heavy (non-hydrogen) atoms. The van der Waals surface area contributed by atoms with Gasteiger partial charge in [-0.15, -0.1) is 0 Å². The first-order valence-corrected chi connectivity index (χ1v) is 8.01. The van der Waals surface area contributed by atoms with Crippen LogP contribution in [0.3, 0.4) is 0 Å². The zero-order valence-corrected chi connectivity index (χ0v) is 13.9. The molecule has 0 bridgehead atoms. The van der Waals surface area contributed by atoms with Gasteiger partial charge >= 0.3 is 0 Å². The number of hydrogen-bond acceptors (Lipinski definition) is 3. The van der Waals surface area contributed by atoms with Crippen molar-refractivity contribution in [1.82, 2.24) is 10.2 Å². The first kappa shape index (κ1) is 16.5. The van der Waals surface area contributed by atoms with Crippen molar-refractivity contribution in [3.8, 4) is 5.75 Å². The van der Waals surface area contributed by atoms with Crippen molar-refractivity contribution in [1.29, 1.82) is 0 Å². The fraction of sp³-hybridized carbons (Fsp3) is 0.316.